The predicted octanol–water partition coefficient (Wildman–Crippen LogP) is 3.37. The Morgan fingerprint density at radius 1 is 1.28 bits per heavy atom. The zero-order chi connectivity index (χ0) is 20.0. The molecule has 1 N–H and O–H groups in total. The van der Waals surface area contributed by atoms with Gasteiger partial charge in [-0.25, -0.2) is 4.98 Å². The standard InChI is InChI=1S/C21H20N4O4/c26-21-17-12-24(9-8-18(17)22-20(23-21)13-4-5-13)11-16-6-7-19(29-16)14-2-1-3-15(10-14)25(27)28/h1-3,6-7,10,13H,4-5,8-9,11-12H2,(H,22,23,26). The number of fused-ring (bicyclic) bond motifs is 1. The minimum Gasteiger partial charge on any atom is -0.460 e. The Kier molecular flexibility index (Phi) is 4.28. The summed E-state index contributed by atoms with van der Waals surface area (Å²) in [7, 11) is 0. The Balaban J connectivity index is 1.32. The third-order valence-electron chi connectivity index (χ3n) is 5.51. The van der Waals surface area contributed by atoms with Crippen LogP contribution in [0.25, 0.3) is 11.3 Å². The summed E-state index contributed by atoms with van der Waals surface area (Å²) in [6.45, 7) is 1.91. The van der Waals surface area contributed by atoms with Gasteiger partial charge < -0.3 is 9.40 Å². The molecule has 1 fully saturated rings. The van der Waals surface area contributed by atoms with Gasteiger partial charge in [0.15, 0.2) is 0 Å². The third kappa shape index (κ3) is 3.58. The van der Waals surface area contributed by atoms with Crippen molar-refractivity contribution in [1.82, 2.24) is 14.9 Å². The molecule has 1 aliphatic heterocycles. The SMILES string of the molecule is O=c1[nH]c(C2CC2)nc2c1CN(Cc1ccc(-c3cccc([N+](=O)[O-])c3)o1)CC2. The van der Waals surface area contributed by atoms with Gasteiger partial charge in [0.25, 0.3) is 11.2 Å². The monoisotopic (exact) mass is 392 g/mol. The number of furan rings is 1. The average Bonchev–Trinajstić information content (AvgIpc) is 3.47. The van der Waals surface area contributed by atoms with Crippen molar-refractivity contribution in [3.8, 4) is 11.3 Å². The van der Waals surface area contributed by atoms with E-state index in [1.807, 2.05) is 12.1 Å². The summed E-state index contributed by atoms with van der Waals surface area (Å²) in [4.78, 5) is 32.8. The molecular formula is C21H20N4O4. The second-order valence-electron chi connectivity index (χ2n) is 7.68. The zero-order valence-corrected chi connectivity index (χ0v) is 15.8. The highest BCUT2D eigenvalue weighted by molar-refractivity contribution is 5.61. The van der Waals surface area contributed by atoms with Gasteiger partial charge in [0.1, 0.15) is 17.3 Å². The molecule has 8 nitrogen and oxygen atoms in total. The van der Waals surface area contributed by atoms with E-state index in [4.69, 9.17) is 4.42 Å². The van der Waals surface area contributed by atoms with Crippen molar-refractivity contribution >= 4 is 5.69 Å². The summed E-state index contributed by atoms with van der Waals surface area (Å²) in [6, 6.07) is 10.1. The van der Waals surface area contributed by atoms with Crippen LogP contribution in [-0.4, -0.2) is 26.3 Å². The molecule has 0 amide bonds. The maximum atomic E-state index is 12.5. The molecule has 3 heterocycles. The first kappa shape index (κ1) is 17.8. The van der Waals surface area contributed by atoms with Crippen molar-refractivity contribution in [3.63, 3.8) is 0 Å². The van der Waals surface area contributed by atoms with Crippen LogP contribution >= 0.6 is 0 Å². The summed E-state index contributed by atoms with van der Waals surface area (Å²) in [5.74, 6) is 2.62. The molecule has 0 radical (unpaired) electrons. The smallest absolute Gasteiger partial charge is 0.270 e. The van der Waals surface area contributed by atoms with Gasteiger partial charge in [0, 0.05) is 43.1 Å². The van der Waals surface area contributed by atoms with Gasteiger partial charge in [-0.15, -0.1) is 0 Å². The average molecular weight is 392 g/mol. The second-order valence-corrected chi connectivity index (χ2v) is 7.68. The molecule has 29 heavy (non-hydrogen) atoms. The highest BCUT2D eigenvalue weighted by Gasteiger charge is 2.29. The van der Waals surface area contributed by atoms with Crippen LogP contribution in [0.2, 0.25) is 0 Å². The Morgan fingerprint density at radius 2 is 2.14 bits per heavy atom. The molecule has 1 saturated carbocycles. The maximum absolute atomic E-state index is 12.5. The first-order valence-corrected chi connectivity index (χ1v) is 9.74. The molecule has 0 spiro atoms. The number of hydrogen-bond donors (Lipinski definition) is 1. The lowest BCUT2D eigenvalue weighted by Gasteiger charge is -2.26. The second kappa shape index (κ2) is 6.97. The van der Waals surface area contributed by atoms with E-state index in [2.05, 4.69) is 14.9 Å². The number of aromatic amines is 1. The molecule has 8 heteroatoms. The lowest BCUT2D eigenvalue weighted by molar-refractivity contribution is -0.384. The Morgan fingerprint density at radius 3 is 2.93 bits per heavy atom. The number of aromatic nitrogens is 2. The van der Waals surface area contributed by atoms with Gasteiger partial charge in [-0.3, -0.25) is 19.8 Å². The van der Waals surface area contributed by atoms with Crippen molar-refractivity contribution < 1.29 is 9.34 Å². The lowest BCUT2D eigenvalue weighted by atomic mass is 10.1. The van der Waals surface area contributed by atoms with Crippen LogP contribution in [0.15, 0.2) is 45.6 Å². The van der Waals surface area contributed by atoms with Crippen LogP contribution in [-0.2, 0) is 19.5 Å². The molecule has 2 aliphatic rings. The predicted molar refractivity (Wildman–Crippen MR) is 105 cm³/mol. The van der Waals surface area contributed by atoms with Crippen LogP contribution < -0.4 is 5.56 Å². The first-order chi connectivity index (χ1) is 14.1. The molecule has 0 bridgehead atoms. The summed E-state index contributed by atoms with van der Waals surface area (Å²) in [6.07, 6.45) is 2.97. The molecule has 3 aromatic rings. The topological polar surface area (TPSA) is 105 Å². The Bertz CT molecular complexity index is 1150. The number of non-ortho nitro benzene ring substituents is 1. The van der Waals surface area contributed by atoms with Crippen LogP contribution in [0.5, 0.6) is 0 Å². The van der Waals surface area contributed by atoms with E-state index < -0.39 is 4.92 Å². The van der Waals surface area contributed by atoms with Crippen molar-refractivity contribution in [2.75, 3.05) is 6.54 Å². The number of nitrogens with one attached hydrogen (secondary N) is 1. The highest BCUT2D eigenvalue weighted by atomic mass is 16.6. The normalized spacial score (nSPS) is 16.6. The minimum atomic E-state index is -0.418. The number of benzene rings is 1. The van der Waals surface area contributed by atoms with Crippen LogP contribution in [0.4, 0.5) is 5.69 Å². The fourth-order valence-corrected chi connectivity index (χ4v) is 3.80. The summed E-state index contributed by atoms with van der Waals surface area (Å²) < 4.78 is 5.92. The molecule has 0 atom stereocenters. The van der Waals surface area contributed by atoms with E-state index in [0.29, 0.717) is 30.3 Å². The van der Waals surface area contributed by atoms with E-state index in [1.165, 1.54) is 12.1 Å². The fourth-order valence-electron chi connectivity index (χ4n) is 3.80. The molecule has 5 rings (SSSR count). The van der Waals surface area contributed by atoms with Gasteiger partial charge in [-0.05, 0) is 25.0 Å². The van der Waals surface area contributed by atoms with E-state index in [9.17, 15) is 14.9 Å². The van der Waals surface area contributed by atoms with E-state index in [-0.39, 0.29) is 11.2 Å². The van der Waals surface area contributed by atoms with Crippen molar-refractivity contribution in [1.29, 1.82) is 0 Å². The number of nitrogens with zero attached hydrogens (tertiary/aromatic N) is 3. The van der Waals surface area contributed by atoms with Crippen LogP contribution in [0.1, 0.15) is 41.6 Å². The molecule has 0 unspecified atom stereocenters. The largest absolute Gasteiger partial charge is 0.460 e. The summed E-state index contributed by atoms with van der Waals surface area (Å²) >= 11 is 0. The van der Waals surface area contributed by atoms with Crippen LogP contribution in [0.3, 0.4) is 0 Å². The van der Waals surface area contributed by atoms with Crippen molar-refractivity contribution in [2.45, 2.75) is 38.3 Å². The zero-order valence-electron chi connectivity index (χ0n) is 15.8. The summed E-state index contributed by atoms with van der Waals surface area (Å²) in [5, 5.41) is 11.0. The molecular weight excluding hydrogens is 372 g/mol. The van der Waals surface area contributed by atoms with Gasteiger partial charge in [-0.1, -0.05) is 12.1 Å². The lowest BCUT2D eigenvalue weighted by Crippen LogP contribution is -2.35. The molecule has 148 valence electrons. The maximum Gasteiger partial charge on any atom is 0.270 e. The minimum absolute atomic E-state index is 0.0293. The summed E-state index contributed by atoms with van der Waals surface area (Å²) in [5.41, 5.74) is 2.33. The third-order valence-corrected chi connectivity index (χ3v) is 5.51. The van der Waals surface area contributed by atoms with Crippen molar-refractivity contribution in [3.05, 3.63) is 79.7 Å². The molecule has 2 aromatic heterocycles. The van der Waals surface area contributed by atoms with Gasteiger partial charge in [0.2, 0.25) is 0 Å². The number of rotatable bonds is 5. The number of nitro groups is 1. The van der Waals surface area contributed by atoms with Gasteiger partial charge >= 0.3 is 0 Å². The fraction of sp³-hybridized carbons (Fsp3) is 0.333. The van der Waals surface area contributed by atoms with Crippen molar-refractivity contribution in [2.24, 2.45) is 0 Å². The molecule has 0 saturated heterocycles. The highest BCUT2D eigenvalue weighted by Crippen LogP contribution is 2.38. The molecule has 1 aromatic carbocycles. The van der Waals surface area contributed by atoms with E-state index in [1.54, 1.807) is 12.1 Å². The van der Waals surface area contributed by atoms with Gasteiger partial charge in [0.05, 0.1) is 22.7 Å². The van der Waals surface area contributed by atoms with Crippen LogP contribution in [0, 0.1) is 10.1 Å². The number of hydrogen-bond acceptors (Lipinski definition) is 6. The quantitative estimate of drug-likeness (QED) is 0.527. The Hall–Kier alpha value is -3.26. The first-order valence-electron chi connectivity index (χ1n) is 9.74. The number of nitro benzene ring substituents is 1. The number of H-pyrrole nitrogens is 1. The van der Waals surface area contributed by atoms with E-state index in [0.717, 1.165) is 48.6 Å². The Labute approximate surface area is 166 Å². The van der Waals surface area contributed by atoms with Gasteiger partial charge in [-0.2, -0.15) is 0 Å². The molecule has 1 aliphatic carbocycles. The van der Waals surface area contributed by atoms with E-state index >= 15 is 0 Å².